The van der Waals surface area contributed by atoms with Crippen LogP contribution in [0.4, 0.5) is 0 Å². The molecule has 54 heavy (non-hydrogen) atoms. The lowest BCUT2D eigenvalue weighted by atomic mass is 9.81. The van der Waals surface area contributed by atoms with Gasteiger partial charge < -0.3 is 37.2 Å². The number of hydrogen-bond donors (Lipinski definition) is 7. The SMILES string of the molecule is CC(C)CCNC(=O)[C@H](CC(C)C)CC(O)[C@H](Cc1ccccc1)NC(=O)[C@H](CC(=O)O)NC(=O)[C@H](Cc1ccccc1)NC(=O)C1(N)CCCCC1.Cl. The fraction of sp³-hybridized carbons (Fsp3) is 0.585. The molecule has 13 heteroatoms. The van der Waals surface area contributed by atoms with E-state index in [9.17, 15) is 34.2 Å². The minimum absolute atomic E-state index is 0. The van der Waals surface area contributed by atoms with E-state index in [0.717, 1.165) is 36.8 Å². The Kier molecular flexibility index (Phi) is 19.7. The number of carboxylic acid groups (broad SMARTS) is 1. The van der Waals surface area contributed by atoms with E-state index in [1.54, 1.807) is 24.3 Å². The van der Waals surface area contributed by atoms with Gasteiger partial charge in [0, 0.05) is 18.9 Å². The third kappa shape index (κ3) is 15.8. The van der Waals surface area contributed by atoms with Gasteiger partial charge in [0.05, 0.1) is 24.1 Å². The van der Waals surface area contributed by atoms with Crippen molar-refractivity contribution < 1.29 is 34.2 Å². The average Bonchev–Trinajstić information content (AvgIpc) is 3.11. The molecule has 4 amide bonds. The number of hydrogen-bond acceptors (Lipinski definition) is 7. The summed E-state index contributed by atoms with van der Waals surface area (Å²) in [5, 5.41) is 32.6. The first kappa shape index (κ1) is 46.2. The van der Waals surface area contributed by atoms with Gasteiger partial charge in [0.2, 0.25) is 23.6 Å². The zero-order valence-electron chi connectivity index (χ0n) is 32.2. The van der Waals surface area contributed by atoms with Crippen LogP contribution in [0.25, 0.3) is 0 Å². The Hall–Kier alpha value is -4.00. The number of nitrogens with one attached hydrogen (secondary N) is 4. The molecule has 0 spiro atoms. The number of nitrogens with two attached hydrogens (primary N) is 1. The second-order valence-electron chi connectivity index (χ2n) is 15.5. The van der Waals surface area contributed by atoms with Crippen molar-refractivity contribution in [2.45, 2.75) is 128 Å². The first-order chi connectivity index (χ1) is 25.2. The second kappa shape index (κ2) is 23.0. The maximum absolute atomic E-state index is 13.9. The molecule has 5 atom stereocenters. The Bertz CT molecular complexity index is 1470. The number of carbonyl (C=O) groups excluding carboxylic acids is 4. The molecule has 1 aliphatic carbocycles. The Morgan fingerprint density at radius 3 is 1.81 bits per heavy atom. The minimum atomic E-state index is -1.53. The number of halogens is 1. The maximum Gasteiger partial charge on any atom is 0.305 e. The van der Waals surface area contributed by atoms with E-state index in [1.807, 2.05) is 50.2 Å². The highest BCUT2D eigenvalue weighted by atomic mass is 35.5. The quantitative estimate of drug-likeness (QED) is 0.0986. The number of aliphatic carboxylic acids is 1. The molecule has 0 heterocycles. The summed E-state index contributed by atoms with van der Waals surface area (Å²) in [7, 11) is 0. The minimum Gasteiger partial charge on any atom is -0.481 e. The van der Waals surface area contributed by atoms with Gasteiger partial charge in [0.15, 0.2) is 0 Å². The summed E-state index contributed by atoms with van der Waals surface area (Å²) in [5.41, 5.74) is 6.91. The number of benzene rings is 2. The molecule has 0 saturated heterocycles. The smallest absolute Gasteiger partial charge is 0.305 e. The van der Waals surface area contributed by atoms with E-state index in [1.165, 1.54) is 0 Å². The number of amides is 4. The molecule has 300 valence electrons. The summed E-state index contributed by atoms with van der Waals surface area (Å²) in [5.74, 6) is -3.47. The van der Waals surface area contributed by atoms with E-state index in [-0.39, 0.29) is 43.5 Å². The lowest BCUT2D eigenvalue weighted by Crippen LogP contribution is -2.61. The lowest BCUT2D eigenvalue weighted by molar-refractivity contribution is -0.141. The van der Waals surface area contributed by atoms with Crippen LogP contribution in [0.3, 0.4) is 0 Å². The summed E-state index contributed by atoms with van der Waals surface area (Å²) >= 11 is 0. The van der Waals surface area contributed by atoms with Gasteiger partial charge in [-0.3, -0.25) is 24.0 Å². The molecule has 0 bridgehead atoms. The van der Waals surface area contributed by atoms with Crippen LogP contribution in [0.1, 0.15) is 96.6 Å². The fourth-order valence-corrected chi connectivity index (χ4v) is 6.83. The molecule has 1 aliphatic rings. The van der Waals surface area contributed by atoms with Crippen LogP contribution in [-0.2, 0) is 36.8 Å². The van der Waals surface area contributed by atoms with Crippen LogP contribution >= 0.6 is 12.4 Å². The predicted octanol–water partition coefficient (Wildman–Crippen LogP) is 4.06. The van der Waals surface area contributed by atoms with Crippen molar-refractivity contribution in [1.82, 2.24) is 21.3 Å². The summed E-state index contributed by atoms with van der Waals surface area (Å²) < 4.78 is 0. The molecular weight excluding hydrogens is 710 g/mol. The van der Waals surface area contributed by atoms with Crippen molar-refractivity contribution in [2.24, 2.45) is 23.5 Å². The molecule has 1 fully saturated rings. The van der Waals surface area contributed by atoms with Gasteiger partial charge in [0.1, 0.15) is 12.1 Å². The molecule has 8 N–H and O–H groups in total. The van der Waals surface area contributed by atoms with Gasteiger partial charge in [-0.15, -0.1) is 12.4 Å². The van der Waals surface area contributed by atoms with E-state index < -0.39 is 65.8 Å². The van der Waals surface area contributed by atoms with E-state index >= 15 is 0 Å². The molecular formula is C41H62ClN5O7. The lowest BCUT2D eigenvalue weighted by Gasteiger charge is -2.33. The summed E-state index contributed by atoms with van der Waals surface area (Å²) in [6.07, 6.45) is 3.25. The van der Waals surface area contributed by atoms with Crippen LogP contribution in [0, 0.1) is 17.8 Å². The number of aliphatic hydroxyl groups excluding tert-OH is 1. The van der Waals surface area contributed by atoms with Crippen LogP contribution in [0.5, 0.6) is 0 Å². The number of aliphatic hydroxyl groups is 1. The van der Waals surface area contributed by atoms with Crippen LogP contribution in [0.15, 0.2) is 60.7 Å². The average molecular weight is 772 g/mol. The van der Waals surface area contributed by atoms with Crippen LogP contribution in [-0.4, -0.2) is 76.1 Å². The molecule has 0 aliphatic heterocycles. The Morgan fingerprint density at radius 1 is 0.722 bits per heavy atom. The first-order valence-electron chi connectivity index (χ1n) is 19.1. The van der Waals surface area contributed by atoms with Crippen molar-refractivity contribution in [3.8, 4) is 0 Å². The van der Waals surface area contributed by atoms with Crippen LogP contribution < -0.4 is 27.0 Å². The van der Waals surface area contributed by atoms with Gasteiger partial charge in [-0.25, -0.2) is 0 Å². The normalized spacial score (nSPS) is 16.5. The summed E-state index contributed by atoms with van der Waals surface area (Å²) in [6, 6.07) is 14.6. The van der Waals surface area contributed by atoms with E-state index in [0.29, 0.717) is 31.7 Å². The van der Waals surface area contributed by atoms with Crippen molar-refractivity contribution in [3.05, 3.63) is 71.8 Å². The van der Waals surface area contributed by atoms with Crippen molar-refractivity contribution in [1.29, 1.82) is 0 Å². The van der Waals surface area contributed by atoms with Crippen molar-refractivity contribution >= 4 is 42.0 Å². The largest absolute Gasteiger partial charge is 0.481 e. The highest BCUT2D eigenvalue weighted by Gasteiger charge is 2.38. The first-order valence-corrected chi connectivity index (χ1v) is 19.1. The third-order valence-electron chi connectivity index (χ3n) is 9.88. The highest BCUT2D eigenvalue weighted by Crippen LogP contribution is 2.26. The molecule has 12 nitrogen and oxygen atoms in total. The van der Waals surface area contributed by atoms with E-state index in [2.05, 4.69) is 35.1 Å². The molecule has 0 aromatic heterocycles. The Balaban J connectivity index is 0.0000101. The number of carboxylic acids is 1. The highest BCUT2D eigenvalue weighted by molar-refractivity contribution is 5.95. The fourth-order valence-electron chi connectivity index (χ4n) is 6.83. The van der Waals surface area contributed by atoms with Crippen molar-refractivity contribution in [3.63, 3.8) is 0 Å². The monoisotopic (exact) mass is 771 g/mol. The number of rotatable bonds is 21. The van der Waals surface area contributed by atoms with Gasteiger partial charge in [-0.2, -0.15) is 0 Å². The zero-order chi connectivity index (χ0) is 39.0. The maximum atomic E-state index is 13.9. The van der Waals surface area contributed by atoms with Crippen LogP contribution in [0.2, 0.25) is 0 Å². The van der Waals surface area contributed by atoms with E-state index in [4.69, 9.17) is 5.73 Å². The Morgan fingerprint density at radius 2 is 1.28 bits per heavy atom. The Labute approximate surface area is 326 Å². The second-order valence-corrected chi connectivity index (χ2v) is 15.5. The van der Waals surface area contributed by atoms with Crippen molar-refractivity contribution in [2.75, 3.05) is 6.54 Å². The zero-order valence-corrected chi connectivity index (χ0v) is 33.0. The summed E-state index contributed by atoms with van der Waals surface area (Å²) in [6.45, 7) is 8.66. The molecule has 2 aromatic rings. The van der Waals surface area contributed by atoms with Gasteiger partial charge in [-0.05, 0) is 61.5 Å². The van der Waals surface area contributed by atoms with Gasteiger partial charge in [-0.1, -0.05) is 108 Å². The van der Waals surface area contributed by atoms with Gasteiger partial charge in [0.25, 0.3) is 0 Å². The molecule has 3 rings (SSSR count). The third-order valence-corrected chi connectivity index (χ3v) is 9.88. The predicted molar refractivity (Wildman–Crippen MR) is 212 cm³/mol. The molecule has 2 aromatic carbocycles. The summed E-state index contributed by atoms with van der Waals surface area (Å²) in [4.78, 5) is 66.6. The molecule has 0 radical (unpaired) electrons. The standard InChI is InChI=1S/C41H61N5O7.ClH/c1-27(2)18-21-43-37(50)31(22-28(3)4)25-35(47)32(23-29-14-8-5-9-15-29)44-39(52)34(26-36(48)49)45-38(51)33(24-30-16-10-6-11-17-30)46-40(53)41(42)19-12-7-13-20-41;/h5-6,8-11,14-17,27-28,31-35,47H,7,12-13,18-26,42H2,1-4H3,(H,43,50)(H,44,52)(H,45,51)(H,46,53)(H,48,49);1H/t31-,32+,33+,34+,35?;/m1./s1. The molecule has 1 saturated carbocycles. The number of carbonyl (C=O) groups is 5. The molecule has 1 unspecified atom stereocenters. The topological polar surface area (TPSA) is 200 Å². The van der Waals surface area contributed by atoms with Gasteiger partial charge >= 0.3 is 5.97 Å².